The lowest BCUT2D eigenvalue weighted by molar-refractivity contribution is -0.152. The molecule has 0 radical (unpaired) electrons. The smallest absolute Gasteiger partial charge is 0.319 e. The van der Waals surface area contributed by atoms with Crippen LogP contribution in [0.25, 0.3) is 0 Å². The number of esters is 1. The number of aryl methyl sites for hydroxylation is 2. The molecule has 2 amide bonds. The number of benzene rings is 2. The van der Waals surface area contributed by atoms with Crippen LogP contribution in [0.2, 0.25) is 0 Å². The molecule has 0 saturated carbocycles. The molecular weight excluding hydrogens is 457 g/mol. The highest BCUT2D eigenvalue weighted by Crippen LogP contribution is 2.41. The molecule has 0 bridgehead atoms. The van der Waals surface area contributed by atoms with Gasteiger partial charge < -0.3 is 15.4 Å². The molecule has 2 aromatic carbocycles. The number of nitrogens with one attached hydrogen (secondary N) is 2. The van der Waals surface area contributed by atoms with E-state index in [1.54, 1.807) is 13.0 Å². The Hall–Kier alpha value is -3.64. The van der Waals surface area contributed by atoms with Crippen LogP contribution in [0.3, 0.4) is 0 Å². The molecule has 7 nitrogen and oxygen atoms in total. The van der Waals surface area contributed by atoms with Gasteiger partial charge >= 0.3 is 5.97 Å². The van der Waals surface area contributed by atoms with Crippen LogP contribution < -0.4 is 10.6 Å². The fraction of sp³-hybridized carbons (Fsp3) is 0.280. The number of hydrogen-bond acceptors (Lipinski definition) is 6. The minimum Gasteiger partial charge on any atom is -0.465 e. The van der Waals surface area contributed by atoms with Crippen LogP contribution in [0.5, 0.6) is 0 Å². The number of rotatable bonds is 7. The second kappa shape index (κ2) is 11.0. The number of hydrogen-bond donors (Lipinski definition) is 2. The van der Waals surface area contributed by atoms with Crippen LogP contribution in [0, 0.1) is 36.9 Å². The van der Waals surface area contributed by atoms with E-state index in [4.69, 9.17) is 4.74 Å². The molecule has 0 aromatic heterocycles. The van der Waals surface area contributed by atoms with Gasteiger partial charge in [-0.15, -0.1) is 0 Å². The maximum atomic E-state index is 14.7. The van der Waals surface area contributed by atoms with Crippen LogP contribution in [0.4, 0.5) is 10.1 Å². The maximum Gasteiger partial charge on any atom is 0.319 e. The quantitative estimate of drug-likeness (QED) is 0.458. The van der Waals surface area contributed by atoms with Crippen LogP contribution in [0.15, 0.2) is 53.1 Å². The Kier molecular flexibility index (Phi) is 8.08. The third-order valence-corrected chi connectivity index (χ3v) is 6.42. The summed E-state index contributed by atoms with van der Waals surface area (Å²) in [6.07, 6.45) is 0. The highest BCUT2D eigenvalue weighted by Gasteiger charge is 2.45. The molecule has 0 spiro atoms. The Morgan fingerprint density at radius 3 is 2.47 bits per heavy atom. The van der Waals surface area contributed by atoms with E-state index in [1.165, 1.54) is 18.2 Å². The summed E-state index contributed by atoms with van der Waals surface area (Å²) in [5, 5.41) is 15.4. The van der Waals surface area contributed by atoms with Crippen LogP contribution in [-0.2, 0) is 19.1 Å². The molecule has 1 aliphatic rings. The van der Waals surface area contributed by atoms with Crippen molar-refractivity contribution >= 4 is 35.2 Å². The molecule has 1 heterocycles. The molecule has 0 aliphatic carbocycles. The van der Waals surface area contributed by atoms with E-state index in [2.05, 4.69) is 10.6 Å². The van der Waals surface area contributed by atoms with E-state index in [0.29, 0.717) is 5.69 Å². The van der Waals surface area contributed by atoms with E-state index in [0.717, 1.165) is 22.9 Å². The SMILES string of the molecule is CCOC(=O)[C@@H]1C(=O)NC(SCC(=O)Nc2c(C)cccc2C)=C(C#N)[C@@H]1c1ccccc1F. The number of anilines is 1. The second-order valence-electron chi connectivity index (χ2n) is 7.68. The molecule has 2 atom stereocenters. The van der Waals surface area contributed by atoms with E-state index >= 15 is 0 Å². The van der Waals surface area contributed by atoms with Gasteiger partial charge in [-0.2, -0.15) is 5.26 Å². The zero-order valence-corrected chi connectivity index (χ0v) is 19.8. The van der Waals surface area contributed by atoms with Crippen molar-refractivity contribution in [2.24, 2.45) is 5.92 Å². The molecule has 1 aliphatic heterocycles. The van der Waals surface area contributed by atoms with Gasteiger partial charge in [0.2, 0.25) is 11.8 Å². The van der Waals surface area contributed by atoms with Crippen molar-refractivity contribution in [3.8, 4) is 6.07 Å². The van der Waals surface area contributed by atoms with Crippen molar-refractivity contribution in [3.05, 3.63) is 75.6 Å². The number of para-hydroxylation sites is 1. The van der Waals surface area contributed by atoms with Crippen molar-refractivity contribution < 1.29 is 23.5 Å². The fourth-order valence-corrected chi connectivity index (χ4v) is 4.66. The predicted octanol–water partition coefficient (Wildman–Crippen LogP) is 3.94. The minimum atomic E-state index is -1.43. The summed E-state index contributed by atoms with van der Waals surface area (Å²) >= 11 is 0.943. The van der Waals surface area contributed by atoms with Gasteiger partial charge in [0.25, 0.3) is 0 Å². The highest BCUT2D eigenvalue weighted by molar-refractivity contribution is 8.03. The number of nitriles is 1. The van der Waals surface area contributed by atoms with Crippen molar-refractivity contribution in [2.75, 3.05) is 17.7 Å². The van der Waals surface area contributed by atoms with E-state index < -0.39 is 29.5 Å². The van der Waals surface area contributed by atoms with Gasteiger partial charge in [-0.1, -0.05) is 48.2 Å². The normalized spacial score (nSPS) is 17.6. The maximum absolute atomic E-state index is 14.7. The number of thioether (sulfide) groups is 1. The second-order valence-corrected chi connectivity index (χ2v) is 8.66. The number of nitrogens with zero attached hydrogens (tertiary/aromatic N) is 1. The summed E-state index contributed by atoms with van der Waals surface area (Å²) in [7, 11) is 0. The van der Waals surface area contributed by atoms with Crippen molar-refractivity contribution in [1.82, 2.24) is 5.32 Å². The minimum absolute atomic E-state index is 0.00683. The summed E-state index contributed by atoms with van der Waals surface area (Å²) in [6.45, 7) is 5.37. The molecule has 0 fully saturated rings. The van der Waals surface area contributed by atoms with Gasteiger partial charge in [-0.25, -0.2) is 4.39 Å². The van der Waals surface area contributed by atoms with Crippen LogP contribution in [0.1, 0.15) is 29.5 Å². The van der Waals surface area contributed by atoms with Crippen molar-refractivity contribution in [3.63, 3.8) is 0 Å². The topological polar surface area (TPSA) is 108 Å². The van der Waals surface area contributed by atoms with Crippen LogP contribution >= 0.6 is 11.8 Å². The molecule has 3 rings (SSSR count). The standard InChI is InChI=1S/C25H24FN3O4S/c1-4-33-25(32)21-20(16-10-5-6-11-18(16)26)17(12-27)24(29-23(21)31)34-13-19(30)28-22-14(2)8-7-9-15(22)3/h5-11,20-21H,4,13H2,1-3H3,(H,28,30)(H,29,31)/t20-,21-/m0/s1. The molecule has 2 N–H and O–H groups in total. The summed E-state index contributed by atoms with van der Waals surface area (Å²) < 4.78 is 19.7. The zero-order valence-electron chi connectivity index (χ0n) is 19.0. The first kappa shape index (κ1) is 25.0. The Balaban J connectivity index is 1.93. The highest BCUT2D eigenvalue weighted by atomic mass is 32.2. The first-order valence-electron chi connectivity index (χ1n) is 10.6. The molecule has 176 valence electrons. The number of carbonyl (C=O) groups is 3. The molecule has 34 heavy (non-hydrogen) atoms. The summed E-state index contributed by atoms with van der Waals surface area (Å²) in [6, 6.07) is 13.3. The van der Waals surface area contributed by atoms with Crippen molar-refractivity contribution in [1.29, 1.82) is 5.26 Å². The molecule has 0 unspecified atom stereocenters. The number of carbonyl (C=O) groups excluding carboxylic acids is 3. The number of halogens is 1. The van der Waals surface area contributed by atoms with Crippen LogP contribution in [-0.4, -0.2) is 30.1 Å². The zero-order chi connectivity index (χ0) is 24.8. The Morgan fingerprint density at radius 2 is 1.85 bits per heavy atom. The van der Waals surface area contributed by atoms with Gasteiger partial charge in [0.1, 0.15) is 11.7 Å². The van der Waals surface area contributed by atoms with Crippen molar-refractivity contribution in [2.45, 2.75) is 26.7 Å². The third-order valence-electron chi connectivity index (χ3n) is 5.40. The summed E-state index contributed by atoms with van der Waals surface area (Å²) in [5.74, 6) is -5.27. The van der Waals surface area contributed by atoms with Gasteiger partial charge in [0.15, 0.2) is 0 Å². The van der Waals surface area contributed by atoms with Gasteiger partial charge in [0, 0.05) is 11.6 Å². The number of ether oxygens (including phenoxy) is 1. The lowest BCUT2D eigenvalue weighted by Crippen LogP contribution is -2.44. The lowest BCUT2D eigenvalue weighted by atomic mass is 9.78. The Morgan fingerprint density at radius 1 is 1.18 bits per heavy atom. The Labute approximate surface area is 201 Å². The molecule has 9 heteroatoms. The first-order chi connectivity index (χ1) is 16.3. The molecule has 0 saturated heterocycles. The number of amides is 2. The van der Waals surface area contributed by atoms with E-state index in [-0.39, 0.29) is 34.4 Å². The van der Waals surface area contributed by atoms with E-state index in [1.807, 2.05) is 38.1 Å². The Bertz CT molecular complexity index is 1180. The lowest BCUT2D eigenvalue weighted by Gasteiger charge is -2.31. The van der Waals surface area contributed by atoms with E-state index in [9.17, 15) is 24.0 Å². The summed E-state index contributed by atoms with van der Waals surface area (Å²) in [4.78, 5) is 38.1. The fourth-order valence-electron chi connectivity index (χ4n) is 3.81. The molecular formula is C25H24FN3O4S. The predicted molar refractivity (Wildman–Crippen MR) is 127 cm³/mol. The van der Waals surface area contributed by atoms with Gasteiger partial charge in [-0.05, 0) is 43.5 Å². The number of allylic oxidation sites excluding steroid dienone is 1. The first-order valence-corrected chi connectivity index (χ1v) is 11.6. The molecule has 2 aromatic rings. The third kappa shape index (κ3) is 5.29. The van der Waals surface area contributed by atoms with Gasteiger partial charge in [0.05, 0.1) is 29.0 Å². The monoisotopic (exact) mass is 481 g/mol. The average molecular weight is 482 g/mol. The average Bonchev–Trinajstić information content (AvgIpc) is 2.80. The van der Waals surface area contributed by atoms with Gasteiger partial charge in [-0.3, -0.25) is 14.4 Å². The largest absolute Gasteiger partial charge is 0.465 e. The summed E-state index contributed by atoms with van der Waals surface area (Å²) in [5.41, 5.74) is 2.52.